The van der Waals surface area contributed by atoms with Crippen molar-refractivity contribution in [3.63, 3.8) is 0 Å². The predicted octanol–water partition coefficient (Wildman–Crippen LogP) is 4.42. The van der Waals surface area contributed by atoms with Gasteiger partial charge in [0.25, 0.3) is 5.91 Å². The van der Waals surface area contributed by atoms with Gasteiger partial charge in [-0.2, -0.15) is 13.2 Å². The molecule has 0 spiro atoms. The van der Waals surface area contributed by atoms with Crippen LogP contribution in [0.25, 0.3) is 21.9 Å². The number of carbonyl (C=O) groups is 2. The van der Waals surface area contributed by atoms with Crippen molar-refractivity contribution in [1.82, 2.24) is 10.6 Å². The van der Waals surface area contributed by atoms with Crippen LogP contribution in [0.3, 0.4) is 0 Å². The number of carbonyl (C=O) groups excluding carboxylic acids is 2. The first kappa shape index (κ1) is 26.2. The lowest BCUT2D eigenvalue weighted by Gasteiger charge is -2.11. The molecule has 186 valence electrons. The first-order valence-corrected chi connectivity index (χ1v) is 11.1. The van der Waals surface area contributed by atoms with Gasteiger partial charge in [-0.3, -0.25) is 9.59 Å². The largest absolute Gasteiger partial charge is 0.416 e. The zero-order valence-corrected chi connectivity index (χ0v) is 19.3. The van der Waals surface area contributed by atoms with Crippen molar-refractivity contribution in [3.05, 3.63) is 71.8 Å². The lowest BCUT2D eigenvalue weighted by atomic mass is 9.96. The first-order valence-electron chi connectivity index (χ1n) is 11.1. The number of alkyl halides is 3. The third kappa shape index (κ3) is 7.80. The molecule has 3 aromatic carbocycles. The second-order valence-corrected chi connectivity index (χ2v) is 7.78. The normalized spacial score (nSPS) is 11.4. The zero-order chi connectivity index (χ0) is 25.3. The monoisotopic (exact) mass is 488 g/mol. The molecule has 2 amide bonds. The molecule has 0 saturated carbocycles. The number of ether oxygens (including phenoxy) is 2. The number of nitrogens with one attached hydrogen (secondary N) is 2. The molecule has 0 aliphatic rings. The lowest BCUT2D eigenvalue weighted by molar-refractivity contribution is -0.137. The molecule has 0 saturated heterocycles. The third-order valence-electron chi connectivity index (χ3n) is 5.19. The minimum Gasteiger partial charge on any atom is -0.377 e. The van der Waals surface area contributed by atoms with E-state index in [-0.39, 0.29) is 11.8 Å². The van der Waals surface area contributed by atoms with E-state index in [9.17, 15) is 22.8 Å². The van der Waals surface area contributed by atoms with Gasteiger partial charge < -0.3 is 20.1 Å². The van der Waals surface area contributed by atoms with Gasteiger partial charge in [-0.15, -0.1) is 0 Å². The topological polar surface area (TPSA) is 76.7 Å². The van der Waals surface area contributed by atoms with Crippen LogP contribution in [0.4, 0.5) is 13.2 Å². The van der Waals surface area contributed by atoms with Gasteiger partial charge in [0.1, 0.15) is 0 Å². The average Bonchev–Trinajstić information content (AvgIpc) is 2.83. The molecule has 0 fully saturated rings. The highest BCUT2D eigenvalue weighted by atomic mass is 19.4. The molecular weight excluding hydrogens is 461 g/mol. The van der Waals surface area contributed by atoms with Crippen LogP contribution in [0.5, 0.6) is 0 Å². The van der Waals surface area contributed by atoms with E-state index >= 15 is 0 Å². The van der Waals surface area contributed by atoms with Crippen molar-refractivity contribution in [2.24, 2.45) is 0 Å². The van der Waals surface area contributed by atoms with Crippen LogP contribution in [0.2, 0.25) is 0 Å². The number of fused-ring (bicyclic) bond motifs is 1. The number of hydrogen-bond donors (Lipinski definition) is 2. The summed E-state index contributed by atoms with van der Waals surface area (Å²) < 4.78 is 49.3. The Morgan fingerprint density at radius 2 is 1.49 bits per heavy atom. The summed E-state index contributed by atoms with van der Waals surface area (Å²) in [7, 11) is 0. The first-order chi connectivity index (χ1) is 16.8. The Balaban J connectivity index is 1.51. The van der Waals surface area contributed by atoms with Crippen molar-refractivity contribution in [3.8, 4) is 11.1 Å². The molecule has 2 N–H and O–H groups in total. The summed E-state index contributed by atoms with van der Waals surface area (Å²) in [6.07, 6.45) is -4.38. The Labute approximate surface area is 201 Å². The van der Waals surface area contributed by atoms with E-state index in [0.717, 1.165) is 28.5 Å². The zero-order valence-electron chi connectivity index (χ0n) is 19.3. The molecule has 0 aliphatic carbocycles. The molecule has 3 aromatic rings. The number of halogens is 3. The van der Waals surface area contributed by atoms with E-state index in [1.54, 1.807) is 18.2 Å². The van der Waals surface area contributed by atoms with Crippen molar-refractivity contribution >= 4 is 22.6 Å². The van der Waals surface area contributed by atoms with Crippen LogP contribution < -0.4 is 10.6 Å². The summed E-state index contributed by atoms with van der Waals surface area (Å²) in [6.45, 7) is 3.71. The summed E-state index contributed by atoms with van der Waals surface area (Å²) in [4.78, 5) is 23.2. The van der Waals surface area contributed by atoms with Gasteiger partial charge in [-0.25, -0.2) is 0 Å². The molecule has 0 unspecified atom stereocenters. The molecule has 0 aliphatic heterocycles. The van der Waals surface area contributed by atoms with Gasteiger partial charge in [0.15, 0.2) is 0 Å². The van der Waals surface area contributed by atoms with Crippen molar-refractivity contribution in [1.29, 1.82) is 0 Å². The predicted molar refractivity (Wildman–Crippen MR) is 127 cm³/mol. The maximum absolute atomic E-state index is 12.9. The van der Waals surface area contributed by atoms with Gasteiger partial charge in [-0.05, 0) is 46.2 Å². The molecule has 0 bridgehead atoms. The van der Waals surface area contributed by atoms with E-state index < -0.39 is 11.7 Å². The molecule has 0 heterocycles. The SMILES string of the molecule is CC(=O)NCCOCCOCCNC(=O)c1ccc2c(-c3ccc(C(F)(F)F)cc3)cccc2c1. The molecule has 35 heavy (non-hydrogen) atoms. The molecule has 6 nitrogen and oxygen atoms in total. The lowest BCUT2D eigenvalue weighted by Crippen LogP contribution is -2.28. The Bertz CT molecular complexity index is 1150. The van der Waals surface area contributed by atoms with E-state index in [1.807, 2.05) is 18.2 Å². The van der Waals surface area contributed by atoms with Gasteiger partial charge in [0.2, 0.25) is 5.91 Å². The fourth-order valence-electron chi connectivity index (χ4n) is 3.48. The van der Waals surface area contributed by atoms with Crippen LogP contribution in [0, 0.1) is 0 Å². The maximum atomic E-state index is 12.9. The molecule has 9 heteroatoms. The minimum absolute atomic E-state index is 0.105. The highest BCUT2D eigenvalue weighted by Crippen LogP contribution is 2.33. The molecular formula is C26H27F3N2O4. The molecule has 0 radical (unpaired) electrons. The minimum atomic E-state index is -4.38. The van der Waals surface area contributed by atoms with Crippen molar-refractivity contribution < 1.29 is 32.2 Å². The second-order valence-electron chi connectivity index (χ2n) is 7.78. The van der Waals surface area contributed by atoms with Crippen LogP contribution in [0.15, 0.2) is 60.7 Å². The molecule has 3 rings (SSSR count). The summed E-state index contributed by atoms with van der Waals surface area (Å²) in [6, 6.07) is 15.8. The van der Waals surface area contributed by atoms with Crippen LogP contribution in [0.1, 0.15) is 22.8 Å². The summed E-state index contributed by atoms with van der Waals surface area (Å²) in [5.74, 6) is -0.353. The Kier molecular flexibility index (Phi) is 9.22. The summed E-state index contributed by atoms with van der Waals surface area (Å²) in [5.41, 5.74) is 1.23. The van der Waals surface area contributed by atoms with Crippen LogP contribution in [-0.2, 0) is 20.4 Å². The van der Waals surface area contributed by atoms with Crippen molar-refractivity contribution in [2.45, 2.75) is 13.1 Å². The Hall–Kier alpha value is -3.43. The average molecular weight is 489 g/mol. The summed E-state index contributed by atoms with van der Waals surface area (Å²) in [5, 5.41) is 7.07. The van der Waals surface area contributed by atoms with Gasteiger partial charge in [-0.1, -0.05) is 36.4 Å². The fourth-order valence-corrected chi connectivity index (χ4v) is 3.48. The Morgan fingerprint density at radius 3 is 2.11 bits per heavy atom. The third-order valence-corrected chi connectivity index (χ3v) is 5.19. The van der Waals surface area contributed by atoms with E-state index in [0.29, 0.717) is 50.6 Å². The van der Waals surface area contributed by atoms with Crippen molar-refractivity contribution in [2.75, 3.05) is 39.5 Å². The fraction of sp³-hybridized carbons (Fsp3) is 0.308. The smallest absolute Gasteiger partial charge is 0.377 e. The van der Waals surface area contributed by atoms with E-state index in [4.69, 9.17) is 9.47 Å². The highest BCUT2D eigenvalue weighted by molar-refractivity contribution is 6.02. The molecule has 0 atom stereocenters. The van der Waals surface area contributed by atoms with Crippen LogP contribution in [-0.4, -0.2) is 51.3 Å². The van der Waals surface area contributed by atoms with E-state index in [1.165, 1.54) is 19.1 Å². The number of amides is 2. The number of benzene rings is 3. The van der Waals surface area contributed by atoms with Gasteiger partial charge in [0, 0.05) is 25.6 Å². The summed E-state index contributed by atoms with van der Waals surface area (Å²) >= 11 is 0. The number of rotatable bonds is 11. The van der Waals surface area contributed by atoms with Gasteiger partial charge >= 0.3 is 6.18 Å². The maximum Gasteiger partial charge on any atom is 0.416 e. The Morgan fingerprint density at radius 1 is 0.829 bits per heavy atom. The van der Waals surface area contributed by atoms with E-state index in [2.05, 4.69) is 10.6 Å². The van der Waals surface area contributed by atoms with Crippen LogP contribution >= 0.6 is 0 Å². The second kappa shape index (κ2) is 12.3. The quantitative estimate of drug-likeness (QED) is 0.392. The molecule has 0 aromatic heterocycles. The highest BCUT2D eigenvalue weighted by Gasteiger charge is 2.30. The van der Waals surface area contributed by atoms with Gasteiger partial charge in [0.05, 0.1) is 32.0 Å². The standard InChI is InChI=1S/C26H27F3N2O4/c1-18(32)30-11-13-34-15-16-35-14-12-31-25(33)21-7-10-24-20(17-21)3-2-4-23(24)19-5-8-22(9-6-19)26(27,28)29/h2-10,17H,11-16H2,1H3,(H,30,32)(H,31,33). The number of hydrogen-bond acceptors (Lipinski definition) is 4.